The lowest BCUT2D eigenvalue weighted by molar-refractivity contribution is 0.469. The number of nitrogens with one attached hydrogen (secondary N) is 1. The third-order valence-electron chi connectivity index (χ3n) is 5.43. The Labute approximate surface area is 183 Å². The first-order valence-corrected chi connectivity index (χ1v) is 10.9. The average molecular weight is 432 g/mol. The number of hydrogen-bond donors (Lipinski definition) is 2. The number of rotatable bonds is 6. The fraction of sp³-hybridized carbons (Fsp3) is 0.217. The van der Waals surface area contributed by atoms with Gasteiger partial charge in [0.2, 0.25) is 11.8 Å². The van der Waals surface area contributed by atoms with Gasteiger partial charge in [0, 0.05) is 42.4 Å². The molecule has 0 aliphatic carbocycles. The molecule has 1 unspecified atom stereocenters. The van der Waals surface area contributed by atoms with Crippen LogP contribution in [0.15, 0.2) is 54.7 Å². The molecule has 2 aromatic heterocycles. The van der Waals surface area contributed by atoms with Gasteiger partial charge >= 0.3 is 0 Å². The minimum Gasteiger partial charge on any atom is -0.438 e. The van der Waals surface area contributed by atoms with E-state index in [1.165, 1.54) is 11.3 Å². The summed E-state index contributed by atoms with van der Waals surface area (Å²) in [7, 11) is 2.64. The topological polar surface area (TPSA) is 81.2 Å². The number of aromatic nitrogens is 3. The maximum absolute atomic E-state index is 6.08. The SMILES string of the molecule is CCCN1CCc2cc(Nc3nc(Oc4cccc(N)c4)c4ccn(P)c4n3)ccc21. The van der Waals surface area contributed by atoms with Gasteiger partial charge in [-0.3, -0.25) is 0 Å². The Balaban J connectivity index is 1.47. The predicted molar refractivity (Wildman–Crippen MR) is 129 cm³/mol. The second kappa shape index (κ2) is 8.08. The number of fused-ring (bicyclic) bond motifs is 2. The fourth-order valence-corrected chi connectivity index (χ4v) is 4.29. The van der Waals surface area contributed by atoms with Gasteiger partial charge in [0.1, 0.15) is 5.75 Å². The van der Waals surface area contributed by atoms with Gasteiger partial charge in [-0.05, 0) is 64.2 Å². The first-order chi connectivity index (χ1) is 15.1. The summed E-state index contributed by atoms with van der Waals surface area (Å²) in [6.07, 6.45) is 4.12. The molecule has 4 aromatic rings. The van der Waals surface area contributed by atoms with E-state index in [0.717, 1.165) is 42.7 Å². The third kappa shape index (κ3) is 3.89. The van der Waals surface area contributed by atoms with E-state index in [4.69, 9.17) is 15.5 Å². The normalized spacial score (nSPS) is 12.9. The van der Waals surface area contributed by atoms with Crippen LogP contribution in [0, 0.1) is 0 Å². The monoisotopic (exact) mass is 432 g/mol. The Morgan fingerprint density at radius 1 is 1.16 bits per heavy atom. The zero-order chi connectivity index (χ0) is 21.4. The Morgan fingerprint density at radius 3 is 2.90 bits per heavy atom. The van der Waals surface area contributed by atoms with Gasteiger partial charge in [-0.15, -0.1) is 0 Å². The minimum absolute atomic E-state index is 0.481. The predicted octanol–water partition coefficient (Wildman–Crippen LogP) is 4.96. The molecule has 1 atom stereocenters. The quantitative estimate of drug-likeness (QED) is 0.331. The van der Waals surface area contributed by atoms with Crippen LogP contribution < -0.4 is 20.7 Å². The summed E-state index contributed by atoms with van der Waals surface area (Å²) >= 11 is 0. The van der Waals surface area contributed by atoms with Gasteiger partial charge in [-0.1, -0.05) is 13.0 Å². The number of nitrogens with two attached hydrogens (primary N) is 1. The van der Waals surface area contributed by atoms with Crippen molar-refractivity contribution in [2.24, 2.45) is 0 Å². The van der Waals surface area contributed by atoms with Crippen molar-refractivity contribution in [3.05, 3.63) is 60.3 Å². The molecule has 0 spiro atoms. The van der Waals surface area contributed by atoms with E-state index in [9.17, 15) is 0 Å². The molecule has 0 bridgehead atoms. The number of benzene rings is 2. The molecule has 2 aromatic carbocycles. The van der Waals surface area contributed by atoms with Crippen molar-refractivity contribution >= 4 is 43.4 Å². The molecule has 0 amide bonds. The van der Waals surface area contributed by atoms with Crippen LogP contribution in [-0.4, -0.2) is 27.4 Å². The molecule has 1 aliphatic rings. The fourth-order valence-electron chi connectivity index (χ4n) is 4.01. The van der Waals surface area contributed by atoms with Gasteiger partial charge in [0.15, 0.2) is 5.65 Å². The van der Waals surface area contributed by atoms with Gasteiger partial charge in [0.25, 0.3) is 0 Å². The van der Waals surface area contributed by atoms with Gasteiger partial charge < -0.3 is 25.0 Å². The number of nitrogen functional groups attached to an aromatic ring is 1. The number of hydrogen-bond acceptors (Lipinski definition) is 6. The molecular formula is C23H25N6OP. The van der Waals surface area contributed by atoms with Crippen molar-refractivity contribution in [3.63, 3.8) is 0 Å². The summed E-state index contributed by atoms with van der Waals surface area (Å²) in [6.45, 7) is 4.38. The Hall–Kier alpha value is -3.31. The standard InChI is InChI=1S/C23H25N6OP/c1-2-10-28-11-8-15-13-17(6-7-20(15)28)25-23-26-21-19(9-12-29(21)31)22(27-23)30-18-5-3-4-16(24)14-18/h3-7,9,12-14H,2,8,10-11,24,31H2,1H3,(H,25,26,27). The highest BCUT2D eigenvalue weighted by atomic mass is 31.0. The lowest BCUT2D eigenvalue weighted by Crippen LogP contribution is -2.20. The summed E-state index contributed by atoms with van der Waals surface area (Å²) in [6, 6.07) is 15.7. The van der Waals surface area contributed by atoms with Crippen LogP contribution in [0.25, 0.3) is 11.0 Å². The van der Waals surface area contributed by atoms with E-state index in [1.54, 1.807) is 6.07 Å². The van der Waals surface area contributed by atoms with Crippen LogP contribution in [0.2, 0.25) is 0 Å². The van der Waals surface area contributed by atoms with Crippen molar-refractivity contribution in [1.82, 2.24) is 14.3 Å². The summed E-state index contributed by atoms with van der Waals surface area (Å²) in [5.74, 6) is 1.60. The van der Waals surface area contributed by atoms with Crippen molar-refractivity contribution < 1.29 is 4.74 Å². The largest absolute Gasteiger partial charge is 0.438 e. The highest BCUT2D eigenvalue weighted by Crippen LogP contribution is 2.34. The van der Waals surface area contributed by atoms with Crippen LogP contribution in [0.1, 0.15) is 18.9 Å². The zero-order valence-corrected chi connectivity index (χ0v) is 18.5. The molecule has 0 saturated carbocycles. The lowest BCUT2D eigenvalue weighted by atomic mass is 10.1. The molecule has 8 heteroatoms. The lowest BCUT2D eigenvalue weighted by Gasteiger charge is -2.18. The van der Waals surface area contributed by atoms with Crippen molar-refractivity contribution in [2.45, 2.75) is 19.8 Å². The van der Waals surface area contributed by atoms with Crippen LogP contribution >= 0.6 is 9.39 Å². The van der Waals surface area contributed by atoms with E-state index in [-0.39, 0.29) is 0 Å². The second-order valence-corrected chi connectivity index (χ2v) is 8.25. The molecule has 7 nitrogen and oxygen atoms in total. The van der Waals surface area contributed by atoms with Crippen LogP contribution in [0.4, 0.5) is 23.0 Å². The first-order valence-electron chi connectivity index (χ1n) is 10.4. The van der Waals surface area contributed by atoms with Gasteiger partial charge in [-0.2, -0.15) is 9.97 Å². The van der Waals surface area contributed by atoms with Crippen LogP contribution in [-0.2, 0) is 6.42 Å². The molecule has 158 valence electrons. The molecule has 0 saturated heterocycles. The van der Waals surface area contributed by atoms with Gasteiger partial charge in [-0.25, -0.2) is 0 Å². The highest BCUT2D eigenvalue weighted by molar-refractivity contribution is 7.14. The molecule has 5 rings (SSSR count). The third-order valence-corrected chi connectivity index (χ3v) is 5.85. The molecule has 3 N–H and O–H groups in total. The minimum atomic E-state index is 0.481. The zero-order valence-electron chi connectivity index (χ0n) is 17.4. The maximum atomic E-state index is 6.08. The van der Waals surface area contributed by atoms with E-state index in [1.807, 2.05) is 34.8 Å². The molecule has 0 fully saturated rings. The van der Waals surface area contributed by atoms with Crippen LogP contribution in [0.5, 0.6) is 11.6 Å². The van der Waals surface area contributed by atoms with E-state index < -0.39 is 0 Å². The van der Waals surface area contributed by atoms with Crippen molar-refractivity contribution in [1.29, 1.82) is 0 Å². The molecular weight excluding hydrogens is 407 g/mol. The summed E-state index contributed by atoms with van der Waals surface area (Å²) in [4.78, 5) is 11.8. The molecule has 31 heavy (non-hydrogen) atoms. The first kappa shape index (κ1) is 19.6. The van der Waals surface area contributed by atoms with E-state index in [0.29, 0.717) is 23.3 Å². The summed E-state index contributed by atoms with van der Waals surface area (Å²) in [5.41, 5.74) is 10.9. The average Bonchev–Trinajstić information content (AvgIpc) is 3.32. The molecule has 0 radical (unpaired) electrons. The summed E-state index contributed by atoms with van der Waals surface area (Å²) in [5, 5.41) is 4.19. The molecule has 3 heterocycles. The number of anilines is 4. The smallest absolute Gasteiger partial charge is 0.233 e. The Bertz CT molecular complexity index is 1250. The number of nitrogens with zero attached hydrogens (tertiary/aromatic N) is 4. The Kier molecular flexibility index (Phi) is 5.12. The van der Waals surface area contributed by atoms with Crippen molar-refractivity contribution in [3.8, 4) is 11.6 Å². The van der Waals surface area contributed by atoms with Gasteiger partial charge in [0.05, 0.1) is 5.39 Å². The van der Waals surface area contributed by atoms with Crippen molar-refractivity contribution in [2.75, 3.05) is 29.0 Å². The van der Waals surface area contributed by atoms with Crippen LogP contribution in [0.3, 0.4) is 0 Å². The molecule has 1 aliphatic heterocycles. The maximum Gasteiger partial charge on any atom is 0.233 e. The van der Waals surface area contributed by atoms with E-state index in [2.05, 4.69) is 49.7 Å². The number of ether oxygens (including phenoxy) is 1. The Morgan fingerprint density at radius 2 is 2.06 bits per heavy atom. The van der Waals surface area contributed by atoms with E-state index >= 15 is 0 Å². The highest BCUT2D eigenvalue weighted by Gasteiger charge is 2.19. The second-order valence-electron chi connectivity index (χ2n) is 7.69. The summed E-state index contributed by atoms with van der Waals surface area (Å²) < 4.78 is 7.95.